The van der Waals surface area contributed by atoms with Gasteiger partial charge < -0.3 is 5.11 Å². The smallest absolute Gasteiger partial charge is 0.118 e. The molecule has 0 saturated heterocycles. The Morgan fingerprint density at radius 1 is 0.750 bits per heavy atom. The highest BCUT2D eigenvalue weighted by atomic mass is 16.3. The van der Waals surface area contributed by atoms with Crippen molar-refractivity contribution in [1.29, 1.82) is 0 Å². The molecular formula is C23H30O. The summed E-state index contributed by atoms with van der Waals surface area (Å²) >= 11 is 0. The summed E-state index contributed by atoms with van der Waals surface area (Å²) in [5, 5.41) is 9.89. The molecule has 0 unspecified atom stereocenters. The molecule has 2 aromatic carbocycles. The molecule has 128 valence electrons. The van der Waals surface area contributed by atoms with Crippen LogP contribution >= 0.6 is 0 Å². The summed E-state index contributed by atoms with van der Waals surface area (Å²) in [7, 11) is 0. The summed E-state index contributed by atoms with van der Waals surface area (Å²) in [6.07, 6.45) is 13.0. The number of aromatic hydroxyl groups is 1. The molecule has 0 atom stereocenters. The zero-order valence-electron chi connectivity index (χ0n) is 14.7. The van der Waals surface area contributed by atoms with Crippen LogP contribution in [0.4, 0.5) is 0 Å². The molecule has 0 saturated carbocycles. The van der Waals surface area contributed by atoms with Crippen molar-refractivity contribution < 1.29 is 5.11 Å². The Hall–Kier alpha value is -2.02. The van der Waals surface area contributed by atoms with Crippen LogP contribution in [0.25, 0.3) is 6.08 Å². The molecule has 0 spiro atoms. The van der Waals surface area contributed by atoms with E-state index in [4.69, 9.17) is 0 Å². The van der Waals surface area contributed by atoms with E-state index in [9.17, 15) is 5.11 Å². The molecule has 1 N–H and O–H groups in total. The van der Waals surface area contributed by atoms with Crippen molar-refractivity contribution >= 4 is 6.08 Å². The first kappa shape index (κ1) is 18.3. The van der Waals surface area contributed by atoms with Gasteiger partial charge in [0.1, 0.15) is 5.75 Å². The van der Waals surface area contributed by atoms with E-state index in [1.54, 1.807) is 6.07 Å². The van der Waals surface area contributed by atoms with Crippen molar-refractivity contribution in [3.05, 3.63) is 71.8 Å². The Morgan fingerprint density at radius 2 is 1.38 bits per heavy atom. The van der Waals surface area contributed by atoms with Gasteiger partial charge in [-0.3, -0.25) is 0 Å². The zero-order valence-corrected chi connectivity index (χ0v) is 14.7. The Bertz CT molecular complexity index is 601. The van der Waals surface area contributed by atoms with E-state index in [1.165, 1.54) is 50.5 Å². The van der Waals surface area contributed by atoms with Crippen LogP contribution in [-0.4, -0.2) is 5.11 Å². The SMILES string of the molecule is C=Cc1ccc(O)c(CCCCCCCCCc2ccccc2)c1. The quantitative estimate of drug-likeness (QED) is 0.465. The van der Waals surface area contributed by atoms with E-state index in [0.29, 0.717) is 5.75 Å². The van der Waals surface area contributed by atoms with E-state index in [1.807, 2.05) is 18.2 Å². The lowest BCUT2D eigenvalue weighted by molar-refractivity contribution is 0.466. The van der Waals surface area contributed by atoms with Gasteiger partial charge in [-0.25, -0.2) is 0 Å². The average molecular weight is 322 g/mol. The third-order valence-corrected chi connectivity index (χ3v) is 4.59. The number of aryl methyl sites for hydroxylation is 2. The van der Waals surface area contributed by atoms with Crippen molar-refractivity contribution in [2.75, 3.05) is 0 Å². The second-order valence-electron chi connectivity index (χ2n) is 6.55. The minimum Gasteiger partial charge on any atom is -0.508 e. The van der Waals surface area contributed by atoms with Crippen molar-refractivity contribution in [3.8, 4) is 5.75 Å². The van der Waals surface area contributed by atoms with Gasteiger partial charge in [-0.05, 0) is 54.5 Å². The number of unbranched alkanes of at least 4 members (excludes halogenated alkanes) is 6. The molecule has 0 bridgehead atoms. The van der Waals surface area contributed by atoms with E-state index < -0.39 is 0 Å². The summed E-state index contributed by atoms with van der Waals surface area (Å²) < 4.78 is 0. The number of phenols is 1. The van der Waals surface area contributed by atoms with Crippen LogP contribution in [0.3, 0.4) is 0 Å². The highest BCUT2D eigenvalue weighted by molar-refractivity contribution is 5.51. The molecular weight excluding hydrogens is 292 g/mol. The van der Waals surface area contributed by atoms with Gasteiger partial charge in [0.2, 0.25) is 0 Å². The fourth-order valence-electron chi connectivity index (χ4n) is 3.11. The fraction of sp³-hybridized carbons (Fsp3) is 0.391. The standard InChI is InChI=1S/C23H30O/c1-2-20-17-18-23(24)22(19-20)16-12-7-5-3-4-6-9-13-21-14-10-8-11-15-21/h2,8,10-11,14-15,17-19,24H,1,3-7,9,12-13,16H2. The minimum absolute atomic E-state index is 0.418. The van der Waals surface area contributed by atoms with Gasteiger partial charge >= 0.3 is 0 Å². The molecule has 0 heterocycles. The monoisotopic (exact) mass is 322 g/mol. The molecule has 0 radical (unpaired) electrons. The maximum atomic E-state index is 9.89. The normalized spacial score (nSPS) is 10.7. The van der Waals surface area contributed by atoms with Crippen LogP contribution in [0.1, 0.15) is 61.6 Å². The summed E-state index contributed by atoms with van der Waals surface area (Å²) in [5.74, 6) is 0.418. The topological polar surface area (TPSA) is 20.2 Å². The Labute approximate surface area is 147 Å². The molecule has 0 fully saturated rings. The van der Waals surface area contributed by atoms with Gasteiger partial charge in [0.25, 0.3) is 0 Å². The lowest BCUT2D eigenvalue weighted by Crippen LogP contribution is -1.89. The number of rotatable bonds is 11. The van der Waals surface area contributed by atoms with Crippen LogP contribution in [-0.2, 0) is 12.8 Å². The minimum atomic E-state index is 0.418. The van der Waals surface area contributed by atoms with Crippen LogP contribution in [0.2, 0.25) is 0 Å². The van der Waals surface area contributed by atoms with Gasteiger partial charge in [0, 0.05) is 0 Å². The molecule has 0 aliphatic carbocycles. The molecule has 1 nitrogen and oxygen atoms in total. The fourth-order valence-corrected chi connectivity index (χ4v) is 3.11. The molecule has 2 aromatic rings. The third-order valence-electron chi connectivity index (χ3n) is 4.59. The summed E-state index contributed by atoms with van der Waals surface area (Å²) in [5.41, 5.74) is 3.59. The first-order valence-corrected chi connectivity index (χ1v) is 9.28. The Kier molecular flexibility index (Phi) is 8.17. The molecule has 0 aliphatic rings. The zero-order chi connectivity index (χ0) is 17.0. The number of phenolic OH excluding ortho intramolecular Hbond substituents is 1. The number of hydrogen-bond donors (Lipinski definition) is 1. The van der Waals surface area contributed by atoms with Crippen molar-refractivity contribution in [1.82, 2.24) is 0 Å². The first-order chi connectivity index (χ1) is 11.8. The lowest BCUT2D eigenvalue weighted by Gasteiger charge is -2.06. The third kappa shape index (κ3) is 6.62. The van der Waals surface area contributed by atoms with Crippen LogP contribution in [0, 0.1) is 0 Å². The average Bonchev–Trinajstić information content (AvgIpc) is 2.62. The first-order valence-electron chi connectivity index (χ1n) is 9.28. The van der Waals surface area contributed by atoms with Gasteiger partial charge in [-0.1, -0.05) is 81.2 Å². The highest BCUT2D eigenvalue weighted by Gasteiger charge is 2.02. The van der Waals surface area contributed by atoms with E-state index in [-0.39, 0.29) is 0 Å². The second-order valence-corrected chi connectivity index (χ2v) is 6.55. The Morgan fingerprint density at radius 3 is 2.04 bits per heavy atom. The lowest BCUT2D eigenvalue weighted by atomic mass is 10.0. The second kappa shape index (κ2) is 10.7. The van der Waals surface area contributed by atoms with Gasteiger partial charge in [-0.15, -0.1) is 0 Å². The van der Waals surface area contributed by atoms with E-state index >= 15 is 0 Å². The highest BCUT2D eigenvalue weighted by Crippen LogP contribution is 2.22. The van der Waals surface area contributed by atoms with Gasteiger partial charge in [0.15, 0.2) is 0 Å². The molecule has 0 amide bonds. The molecule has 0 aromatic heterocycles. The van der Waals surface area contributed by atoms with Crippen LogP contribution < -0.4 is 0 Å². The molecule has 0 aliphatic heterocycles. The number of benzene rings is 2. The molecule has 24 heavy (non-hydrogen) atoms. The summed E-state index contributed by atoms with van der Waals surface area (Å²) in [6, 6.07) is 16.5. The van der Waals surface area contributed by atoms with Gasteiger partial charge in [-0.2, -0.15) is 0 Å². The van der Waals surface area contributed by atoms with Crippen molar-refractivity contribution in [2.24, 2.45) is 0 Å². The van der Waals surface area contributed by atoms with Crippen LogP contribution in [0.5, 0.6) is 5.75 Å². The Balaban J connectivity index is 1.50. The van der Waals surface area contributed by atoms with E-state index in [0.717, 1.165) is 24.0 Å². The molecule has 1 heteroatoms. The summed E-state index contributed by atoms with van der Waals surface area (Å²) in [4.78, 5) is 0. The van der Waals surface area contributed by atoms with Crippen molar-refractivity contribution in [2.45, 2.75) is 57.8 Å². The van der Waals surface area contributed by atoms with E-state index in [2.05, 4.69) is 36.9 Å². The summed E-state index contributed by atoms with van der Waals surface area (Å²) in [6.45, 7) is 3.78. The van der Waals surface area contributed by atoms with Gasteiger partial charge in [0.05, 0.1) is 0 Å². The largest absolute Gasteiger partial charge is 0.508 e. The maximum Gasteiger partial charge on any atom is 0.118 e. The predicted octanol–water partition coefficient (Wildman–Crippen LogP) is 6.55. The van der Waals surface area contributed by atoms with Crippen LogP contribution in [0.15, 0.2) is 55.1 Å². The molecule has 2 rings (SSSR count). The number of hydrogen-bond acceptors (Lipinski definition) is 1. The van der Waals surface area contributed by atoms with Crippen molar-refractivity contribution in [3.63, 3.8) is 0 Å². The maximum absolute atomic E-state index is 9.89. The predicted molar refractivity (Wildman–Crippen MR) is 104 cm³/mol.